The van der Waals surface area contributed by atoms with Gasteiger partial charge in [-0.05, 0) is 6.42 Å². The monoisotopic (exact) mass is 417 g/mol. The maximum absolute atomic E-state index is 12.6. The van der Waals surface area contributed by atoms with Crippen molar-refractivity contribution in [1.82, 2.24) is 20.0 Å². The van der Waals surface area contributed by atoms with Crippen LogP contribution in [0.2, 0.25) is 0 Å². The van der Waals surface area contributed by atoms with Gasteiger partial charge in [-0.2, -0.15) is 0 Å². The van der Waals surface area contributed by atoms with Gasteiger partial charge in [0.05, 0.1) is 25.5 Å². The molecule has 0 radical (unpaired) electrons. The van der Waals surface area contributed by atoms with E-state index in [-0.39, 0.29) is 22.3 Å². The van der Waals surface area contributed by atoms with Gasteiger partial charge in [0.1, 0.15) is 6.17 Å². The van der Waals surface area contributed by atoms with Crippen molar-refractivity contribution in [2.24, 2.45) is 0 Å². The normalized spacial score (nSPS) is 22.0. The zero-order valence-corrected chi connectivity index (χ0v) is 17.5. The van der Waals surface area contributed by atoms with Gasteiger partial charge in [-0.15, -0.1) is 10.2 Å². The van der Waals surface area contributed by atoms with Crippen LogP contribution in [0.4, 0.5) is 9.93 Å². The summed E-state index contributed by atoms with van der Waals surface area (Å²) in [4.78, 5) is 18.0. The number of hydrogen-bond acceptors (Lipinski definition) is 8. The molecule has 9 nitrogen and oxygen atoms in total. The van der Waals surface area contributed by atoms with Crippen molar-refractivity contribution in [2.75, 3.05) is 50.5 Å². The van der Waals surface area contributed by atoms with Crippen molar-refractivity contribution < 1.29 is 17.9 Å². The zero-order valence-electron chi connectivity index (χ0n) is 15.8. The van der Waals surface area contributed by atoms with Crippen LogP contribution in [0.25, 0.3) is 0 Å². The van der Waals surface area contributed by atoms with Crippen molar-refractivity contribution >= 4 is 32.3 Å². The fourth-order valence-electron chi connectivity index (χ4n) is 3.31. The van der Waals surface area contributed by atoms with E-state index in [9.17, 15) is 13.2 Å². The SMILES string of the molecule is CCCCCCS(=O)(=O)c1nnc(N2C(=O)N(C)CC2N2CCOCC2)s1. The van der Waals surface area contributed by atoms with Gasteiger partial charge in [0.2, 0.25) is 19.3 Å². The van der Waals surface area contributed by atoms with Crippen LogP contribution in [0.3, 0.4) is 0 Å². The summed E-state index contributed by atoms with van der Waals surface area (Å²) in [6, 6.07) is -0.186. The largest absolute Gasteiger partial charge is 0.379 e. The number of aromatic nitrogens is 2. The van der Waals surface area contributed by atoms with Crippen molar-refractivity contribution in [3.8, 4) is 0 Å². The second kappa shape index (κ2) is 8.80. The molecule has 0 aromatic carbocycles. The van der Waals surface area contributed by atoms with Crippen molar-refractivity contribution in [3.05, 3.63) is 0 Å². The van der Waals surface area contributed by atoms with E-state index >= 15 is 0 Å². The topological polar surface area (TPSA) is 95.9 Å². The van der Waals surface area contributed by atoms with E-state index in [4.69, 9.17) is 4.74 Å². The summed E-state index contributed by atoms with van der Waals surface area (Å²) in [5, 5.41) is 8.28. The molecule has 152 valence electrons. The Morgan fingerprint density at radius 2 is 1.93 bits per heavy atom. The fraction of sp³-hybridized carbons (Fsp3) is 0.812. The molecule has 0 saturated carbocycles. The van der Waals surface area contributed by atoms with Gasteiger partial charge in [-0.1, -0.05) is 37.5 Å². The van der Waals surface area contributed by atoms with E-state index < -0.39 is 9.84 Å². The molecule has 3 heterocycles. The molecule has 0 aliphatic carbocycles. The second-order valence-corrected chi connectivity index (χ2v) is 10.1. The van der Waals surface area contributed by atoms with Crippen LogP contribution < -0.4 is 4.90 Å². The Kier molecular flexibility index (Phi) is 6.66. The average Bonchev–Trinajstić information content (AvgIpc) is 3.26. The molecule has 2 saturated heterocycles. The highest BCUT2D eigenvalue weighted by molar-refractivity contribution is 7.93. The molecule has 1 aromatic rings. The Balaban J connectivity index is 1.75. The molecule has 0 bridgehead atoms. The number of hydrogen-bond donors (Lipinski definition) is 0. The Morgan fingerprint density at radius 1 is 1.19 bits per heavy atom. The minimum atomic E-state index is -3.46. The number of carbonyl (C=O) groups excluding carboxylic acids is 1. The van der Waals surface area contributed by atoms with Crippen LogP contribution in [0.15, 0.2) is 4.34 Å². The summed E-state index contributed by atoms with van der Waals surface area (Å²) in [7, 11) is -1.72. The van der Waals surface area contributed by atoms with E-state index in [2.05, 4.69) is 22.0 Å². The van der Waals surface area contributed by atoms with Gasteiger partial charge >= 0.3 is 6.03 Å². The maximum Gasteiger partial charge on any atom is 0.327 e. The first-order valence-electron chi connectivity index (χ1n) is 9.36. The summed E-state index contributed by atoms with van der Waals surface area (Å²) in [5.41, 5.74) is 0. The number of unbranched alkanes of at least 4 members (excludes halogenated alkanes) is 3. The molecule has 27 heavy (non-hydrogen) atoms. The van der Waals surface area contributed by atoms with Crippen LogP contribution in [0, 0.1) is 0 Å². The number of rotatable bonds is 8. The molecule has 2 fully saturated rings. The van der Waals surface area contributed by atoms with Gasteiger partial charge in [0.15, 0.2) is 0 Å². The zero-order chi connectivity index (χ0) is 19.4. The molecule has 11 heteroatoms. The molecule has 0 N–H and O–H groups in total. The molecule has 2 aliphatic rings. The quantitative estimate of drug-likeness (QED) is 0.466. The third-order valence-electron chi connectivity index (χ3n) is 4.87. The first-order valence-corrected chi connectivity index (χ1v) is 11.8. The summed E-state index contributed by atoms with van der Waals surface area (Å²) in [6.45, 7) is 5.32. The highest BCUT2D eigenvalue weighted by Crippen LogP contribution is 2.31. The summed E-state index contributed by atoms with van der Waals surface area (Å²) in [6.07, 6.45) is 3.39. The first kappa shape index (κ1) is 20.4. The average molecular weight is 418 g/mol. The van der Waals surface area contributed by atoms with Gasteiger partial charge in [-0.3, -0.25) is 4.90 Å². The number of sulfone groups is 1. The van der Waals surface area contributed by atoms with E-state index in [0.717, 1.165) is 43.7 Å². The van der Waals surface area contributed by atoms with Gasteiger partial charge in [0.25, 0.3) is 0 Å². The van der Waals surface area contributed by atoms with Gasteiger partial charge < -0.3 is 9.64 Å². The summed E-state index contributed by atoms with van der Waals surface area (Å²) >= 11 is 0.985. The van der Waals surface area contributed by atoms with Crippen LogP contribution in [0.1, 0.15) is 32.6 Å². The Bertz CT molecular complexity index is 748. The molecule has 1 aromatic heterocycles. The number of nitrogens with zero attached hydrogens (tertiary/aromatic N) is 5. The smallest absolute Gasteiger partial charge is 0.327 e. The number of ether oxygens (including phenoxy) is 1. The van der Waals surface area contributed by atoms with Crippen LogP contribution in [-0.4, -0.2) is 86.3 Å². The predicted molar refractivity (Wildman–Crippen MR) is 103 cm³/mol. The number of amides is 2. The van der Waals surface area contributed by atoms with Gasteiger partial charge in [-0.25, -0.2) is 18.1 Å². The Morgan fingerprint density at radius 3 is 2.63 bits per heavy atom. The molecule has 2 aliphatic heterocycles. The van der Waals surface area contributed by atoms with E-state index in [1.807, 2.05) is 0 Å². The lowest BCUT2D eigenvalue weighted by molar-refractivity contribution is 0.0194. The van der Waals surface area contributed by atoms with Crippen LogP contribution >= 0.6 is 11.3 Å². The minimum Gasteiger partial charge on any atom is -0.379 e. The molecule has 3 rings (SSSR count). The molecular weight excluding hydrogens is 390 g/mol. The molecular formula is C16H27N5O4S2. The lowest BCUT2D eigenvalue weighted by Gasteiger charge is -2.34. The predicted octanol–water partition coefficient (Wildman–Crippen LogP) is 1.42. The number of urea groups is 1. The Labute approximate surface area is 164 Å². The second-order valence-electron chi connectivity index (χ2n) is 6.89. The van der Waals surface area contributed by atoms with Crippen molar-refractivity contribution in [1.29, 1.82) is 0 Å². The lowest BCUT2D eigenvalue weighted by Crippen LogP contribution is -2.51. The lowest BCUT2D eigenvalue weighted by atomic mass is 10.2. The number of likely N-dealkylation sites (N-methyl/N-ethyl adjacent to an activating group) is 1. The van der Waals surface area contributed by atoms with Crippen molar-refractivity contribution in [2.45, 2.75) is 43.1 Å². The number of morpholine rings is 1. The first-order chi connectivity index (χ1) is 12.9. The molecule has 1 unspecified atom stereocenters. The fourth-order valence-corrected chi connectivity index (χ4v) is 5.83. The van der Waals surface area contributed by atoms with E-state index in [0.29, 0.717) is 31.3 Å². The van der Waals surface area contributed by atoms with Crippen LogP contribution in [-0.2, 0) is 14.6 Å². The third-order valence-corrected chi connectivity index (χ3v) is 8.04. The number of carbonyl (C=O) groups is 1. The summed E-state index contributed by atoms with van der Waals surface area (Å²) in [5.74, 6) is 0.0718. The molecule has 0 spiro atoms. The molecule has 1 atom stereocenters. The number of anilines is 1. The van der Waals surface area contributed by atoms with Gasteiger partial charge in [0, 0.05) is 20.1 Å². The maximum atomic E-state index is 12.6. The standard InChI is InChI=1S/C16H27N5O4S2/c1-3-4-5-6-11-27(23,24)15-18-17-14(26-15)21-13(12-19(2)16(21)22)20-7-9-25-10-8-20/h13H,3-12H2,1-2H3. The molecule has 2 amide bonds. The highest BCUT2D eigenvalue weighted by atomic mass is 32.2. The summed E-state index contributed by atoms with van der Waals surface area (Å²) < 4.78 is 30.4. The third kappa shape index (κ3) is 4.58. The van der Waals surface area contributed by atoms with Crippen LogP contribution in [0.5, 0.6) is 0 Å². The Hall–Kier alpha value is -1.30. The van der Waals surface area contributed by atoms with Crippen molar-refractivity contribution in [3.63, 3.8) is 0 Å². The van der Waals surface area contributed by atoms with E-state index in [1.165, 1.54) is 0 Å². The minimum absolute atomic E-state index is 0.00270. The highest BCUT2D eigenvalue weighted by Gasteiger charge is 2.42. The van der Waals surface area contributed by atoms with E-state index in [1.54, 1.807) is 16.8 Å².